The topological polar surface area (TPSA) is 105 Å². The third-order valence-electron chi connectivity index (χ3n) is 5.06. The van der Waals surface area contributed by atoms with Crippen LogP contribution in [-0.4, -0.2) is 38.6 Å². The summed E-state index contributed by atoms with van der Waals surface area (Å²) in [6.07, 6.45) is 1.46. The van der Waals surface area contributed by atoms with Crippen molar-refractivity contribution in [2.75, 3.05) is 11.9 Å². The van der Waals surface area contributed by atoms with E-state index in [0.717, 1.165) is 16.5 Å². The summed E-state index contributed by atoms with van der Waals surface area (Å²) in [6, 6.07) is 19.5. The maximum absolute atomic E-state index is 13.0. The molecule has 2 amide bonds. The van der Waals surface area contributed by atoms with Crippen LogP contribution >= 0.6 is 11.8 Å². The summed E-state index contributed by atoms with van der Waals surface area (Å²) in [5.41, 5.74) is 0.612. The second-order valence-corrected chi connectivity index (χ2v) is 8.43. The van der Waals surface area contributed by atoms with Gasteiger partial charge in [-0.3, -0.25) is 24.6 Å². The third kappa shape index (κ3) is 4.78. The van der Waals surface area contributed by atoms with Crippen LogP contribution in [0.25, 0.3) is 10.8 Å². The van der Waals surface area contributed by atoms with E-state index in [1.165, 1.54) is 34.9 Å². The molecule has 166 valence electrons. The molecule has 3 aromatic rings. The highest BCUT2D eigenvalue weighted by atomic mass is 32.2. The second-order valence-electron chi connectivity index (χ2n) is 7.26. The predicted octanol–water partition coefficient (Wildman–Crippen LogP) is 4.89. The van der Waals surface area contributed by atoms with Crippen LogP contribution in [0.15, 0.2) is 84.4 Å². The zero-order chi connectivity index (χ0) is 23.4. The summed E-state index contributed by atoms with van der Waals surface area (Å²) in [5.74, 6) is -0.739. The summed E-state index contributed by atoms with van der Waals surface area (Å²) in [4.78, 5) is 42.5. The number of rotatable bonds is 7. The summed E-state index contributed by atoms with van der Waals surface area (Å²) in [5, 5.41) is 15.5. The van der Waals surface area contributed by atoms with Gasteiger partial charge in [-0.2, -0.15) is 0 Å². The van der Waals surface area contributed by atoms with Crippen molar-refractivity contribution in [3.05, 3.63) is 89.5 Å². The fraction of sp³-hybridized carbons (Fsp3) is 0.125. The number of aliphatic imine (C=N–C) groups is 1. The number of hydrogen-bond donors (Lipinski definition) is 1. The standard InChI is InChI=1S/C24H20N4O4S/c1-2-14-27-23(30)21(15-22(29)25-19-11-5-6-13-20(19)28(31)32)33-24(27)26-18-12-7-9-16-8-3-4-10-17(16)18/h2-13,21H,1,14-15H2,(H,25,29)/t21-/m0/s1. The fourth-order valence-electron chi connectivity index (χ4n) is 3.54. The number of anilines is 1. The van der Waals surface area contributed by atoms with Crippen molar-refractivity contribution >= 4 is 56.6 Å². The number of benzene rings is 3. The van der Waals surface area contributed by atoms with Crippen molar-refractivity contribution in [3.8, 4) is 0 Å². The largest absolute Gasteiger partial charge is 0.320 e. The molecule has 0 spiro atoms. The van der Waals surface area contributed by atoms with Gasteiger partial charge in [0, 0.05) is 24.4 Å². The number of nitro benzene ring substituents is 1. The summed E-state index contributed by atoms with van der Waals surface area (Å²) in [7, 11) is 0. The monoisotopic (exact) mass is 460 g/mol. The first-order valence-corrected chi connectivity index (χ1v) is 11.0. The van der Waals surface area contributed by atoms with Gasteiger partial charge < -0.3 is 5.32 Å². The summed E-state index contributed by atoms with van der Waals surface area (Å²) >= 11 is 1.20. The van der Waals surface area contributed by atoms with Crippen LogP contribution in [0.3, 0.4) is 0 Å². The molecule has 1 aliphatic rings. The van der Waals surface area contributed by atoms with Gasteiger partial charge in [0.2, 0.25) is 11.8 Å². The van der Waals surface area contributed by atoms with Crippen LogP contribution in [0.1, 0.15) is 6.42 Å². The molecular formula is C24H20N4O4S. The molecule has 1 saturated heterocycles. The van der Waals surface area contributed by atoms with Crippen LogP contribution in [-0.2, 0) is 9.59 Å². The van der Waals surface area contributed by atoms with Gasteiger partial charge in [-0.1, -0.05) is 66.4 Å². The number of hydrogen-bond acceptors (Lipinski definition) is 6. The molecule has 3 aromatic carbocycles. The van der Waals surface area contributed by atoms with Gasteiger partial charge in [0.05, 0.1) is 10.6 Å². The molecule has 0 radical (unpaired) electrons. The smallest absolute Gasteiger partial charge is 0.292 e. The first kappa shape index (κ1) is 22.2. The number of amidine groups is 1. The molecule has 1 fully saturated rings. The highest BCUT2D eigenvalue weighted by molar-refractivity contribution is 8.15. The van der Waals surface area contributed by atoms with Gasteiger partial charge in [-0.15, -0.1) is 6.58 Å². The van der Waals surface area contributed by atoms with Crippen molar-refractivity contribution in [1.82, 2.24) is 4.90 Å². The van der Waals surface area contributed by atoms with Crippen LogP contribution in [0.5, 0.6) is 0 Å². The molecule has 8 nitrogen and oxygen atoms in total. The van der Waals surface area contributed by atoms with Gasteiger partial charge in [0.15, 0.2) is 5.17 Å². The number of amides is 2. The average molecular weight is 461 g/mol. The van der Waals surface area contributed by atoms with E-state index in [9.17, 15) is 19.7 Å². The normalized spacial score (nSPS) is 16.8. The molecule has 9 heteroatoms. The van der Waals surface area contributed by atoms with Crippen molar-refractivity contribution in [2.24, 2.45) is 4.99 Å². The van der Waals surface area contributed by atoms with E-state index in [1.807, 2.05) is 42.5 Å². The lowest BCUT2D eigenvalue weighted by Crippen LogP contribution is -2.33. The Kier molecular flexibility index (Phi) is 6.50. The van der Waals surface area contributed by atoms with E-state index < -0.39 is 16.1 Å². The summed E-state index contributed by atoms with van der Waals surface area (Å²) in [6.45, 7) is 3.98. The lowest BCUT2D eigenvalue weighted by atomic mass is 10.1. The van der Waals surface area contributed by atoms with Crippen LogP contribution in [0.2, 0.25) is 0 Å². The maximum atomic E-state index is 13.0. The van der Waals surface area contributed by atoms with Crippen LogP contribution in [0.4, 0.5) is 17.1 Å². The molecule has 0 unspecified atom stereocenters. The first-order valence-electron chi connectivity index (χ1n) is 10.2. The second kappa shape index (κ2) is 9.66. The number of nitrogens with zero attached hydrogens (tertiary/aromatic N) is 3. The highest BCUT2D eigenvalue weighted by Gasteiger charge is 2.38. The number of carbonyl (C=O) groups excluding carboxylic acids is 2. The number of nitrogens with one attached hydrogen (secondary N) is 1. The molecule has 0 aliphatic carbocycles. The highest BCUT2D eigenvalue weighted by Crippen LogP contribution is 2.34. The number of nitro groups is 1. The molecule has 33 heavy (non-hydrogen) atoms. The van der Waals surface area contributed by atoms with Gasteiger partial charge in [0.1, 0.15) is 10.9 Å². The van der Waals surface area contributed by atoms with E-state index in [0.29, 0.717) is 5.17 Å². The first-order chi connectivity index (χ1) is 16.0. The van der Waals surface area contributed by atoms with Crippen molar-refractivity contribution in [3.63, 3.8) is 0 Å². The zero-order valence-electron chi connectivity index (χ0n) is 17.5. The minimum Gasteiger partial charge on any atom is -0.320 e. The average Bonchev–Trinajstić information content (AvgIpc) is 3.08. The van der Waals surface area contributed by atoms with Crippen molar-refractivity contribution in [1.29, 1.82) is 0 Å². The van der Waals surface area contributed by atoms with E-state index in [4.69, 9.17) is 4.99 Å². The minimum atomic E-state index is -0.693. The zero-order valence-corrected chi connectivity index (χ0v) is 18.3. The molecule has 1 heterocycles. The molecule has 1 aliphatic heterocycles. The van der Waals surface area contributed by atoms with Gasteiger partial charge >= 0.3 is 0 Å². The van der Waals surface area contributed by atoms with Gasteiger partial charge in [-0.05, 0) is 17.5 Å². The third-order valence-corrected chi connectivity index (χ3v) is 6.24. The Labute approximate surface area is 194 Å². The Balaban J connectivity index is 1.57. The van der Waals surface area contributed by atoms with E-state index in [2.05, 4.69) is 11.9 Å². The number of fused-ring (bicyclic) bond motifs is 1. The number of thioether (sulfide) groups is 1. The molecule has 0 bridgehead atoms. The minimum absolute atomic E-state index is 0.0931. The fourth-order valence-corrected chi connectivity index (χ4v) is 4.70. The lowest BCUT2D eigenvalue weighted by Gasteiger charge is -2.14. The van der Waals surface area contributed by atoms with E-state index in [-0.39, 0.29) is 30.2 Å². The molecular weight excluding hydrogens is 440 g/mol. The molecule has 4 rings (SSSR count). The Bertz CT molecular complexity index is 1280. The van der Waals surface area contributed by atoms with E-state index in [1.54, 1.807) is 12.1 Å². The molecule has 0 saturated carbocycles. The number of carbonyl (C=O) groups is 2. The Morgan fingerprint density at radius 2 is 1.88 bits per heavy atom. The molecule has 0 aromatic heterocycles. The Hall–Kier alpha value is -3.98. The molecule has 1 N–H and O–H groups in total. The molecule has 1 atom stereocenters. The Morgan fingerprint density at radius 3 is 2.67 bits per heavy atom. The summed E-state index contributed by atoms with van der Waals surface area (Å²) < 4.78 is 0. The maximum Gasteiger partial charge on any atom is 0.292 e. The van der Waals surface area contributed by atoms with E-state index >= 15 is 0 Å². The quantitative estimate of drug-likeness (QED) is 0.307. The van der Waals surface area contributed by atoms with Gasteiger partial charge in [-0.25, -0.2) is 4.99 Å². The lowest BCUT2D eigenvalue weighted by molar-refractivity contribution is -0.383. The predicted molar refractivity (Wildman–Crippen MR) is 131 cm³/mol. The Morgan fingerprint density at radius 1 is 1.15 bits per heavy atom. The van der Waals surface area contributed by atoms with Crippen LogP contribution < -0.4 is 5.32 Å². The number of para-hydroxylation sites is 2. The van der Waals surface area contributed by atoms with Crippen LogP contribution in [0, 0.1) is 10.1 Å². The van der Waals surface area contributed by atoms with Crippen molar-refractivity contribution < 1.29 is 14.5 Å². The van der Waals surface area contributed by atoms with Crippen molar-refractivity contribution in [2.45, 2.75) is 11.7 Å². The SMILES string of the molecule is C=CCN1C(=O)[C@H](CC(=O)Nc2ccccc2[N+](=O)[O-])SC1=Nc1cccc2ccccc12. The van der Waals surface area contributed by atoms with Gasteiger partial charge in [0.25, 0.3) is 5.69 Å².